The van der Waals surface area contributed by atoms with Crippen LogP contribution in [-0.2, 0) is 9.47 Å². The summed E-state index contributed by atoms with van der Waals surface area (Å²) >= 11 is 0. The molecule has 5 heteroatoms. The number of hydrogen-bond donors (Lipinski definition) is 1. The van der Waals surface area contributed by atoms with E-state index >= 15 is 0 Å². The Morgan fingerprint density at radius 2 is 1.15 bits per heavy atom. The second-order valence-corrected chi connectivity index (χ2v) is 10.4. The van der Waals surface area contributed by atoms with Crippen LogP contribution in [0.3, 0.4) is 0 Å². The lowest BCUT2D eigenvalue weighted by Gasteiger charge is -2.42. The molecule has 2 N–H and O–H groups in total. The molecule has 3 aliphatic rings. The fourth-order valence-corrected chi connectivity index (χ4v) is 6.87. The molecule has 174 valence electrons. The lowest BCUT2D eigenvalue weighted by molar-refractivity contribution is -0.0872. The van der Waals surface area contributed by atoms with E-state index < -0.39 is 12.2 Å². The molecule has 0 radical (unpaired) electrons. The molecule has 5 rings (SSSR count). The molecule has 2 aromatic rings. The van der Waals surface area contributed by atoms with Gasteiger partial charge in [-0.15, -0.1) is 0 Å². The monoisotopic (exact) mass is 447 g/mol. The molecule has 3 fully saturated rings. The molecule has 3 saturated carbocycles. The normalized spacial score (nSPS) is 30.0. The van der Waals surface area contributed by atoms with Gasteiger partial charge in [-0.2, -0.15) is 0 Å². The van der Waals surface area contributed by atoms with Gasteiger partial charge in [0.1, 0.15) is 12.2 Å². The standard InChI is InChI=1S/C28H33NO4/c1-15-8-16(2)10-18(9-15)27(30)32-25-23-14-24(22-7-5-4-6-21(22)23)26(25)33-28(31)19-11-17(3)12-20(29)13-19/h8-13,21-26H,4-7,14,29H2,1-3H3. The summed E-state index contributed by atoms with van der Waals surface area (Å²) in [5, 5.41) is 0. The molecule has 0 heterocycles. The Balaban J connectivity index is 1.41. The summed E-state index contributed by atoms with van der Waals surface area (Å²) in [5.41, 5.74) is 10.5. The van der Waals surface area contributed by atoms with Gasteiger partial charge in [-0.3, -0.25) is 0 Å². The Labute approximate surface area is 195 Å². The molecule has 6 atom stereocenters. The third-order valence-electron chi connectivity index (χ3n) is 7.97. The summed E-state index contributed by atoms with van der Waals surface area (Å²) in [7, 11) is 0. The number of anilines is 1. The Morgan fingerprint density at radius 1 is 0.697 bits per heavy atom. The molecule has 2 bridgehead atoms. The molecule has 0 aromatic heterocycles. The Hall–Kier alpha value is -2.82. The predicted molar refractivity (Wildman–Crippen MR) is 127 cm³/mol. The van der Waals surface area contributed by atoms with Crippen LogP contribution in [0.5, 0.6) is 0 Å². The van der Waals surface area contributed by atoms with Crippen LogP contribution in [0.4, 0.5) is 5.69 Å². The Kier molecular flexibility index (Phi) is 5.67. The summed E-state index contributed by atoms with van der Waals surface area (Å²) in [6.07, 6.45) is 4.98. The van der Waals surface area contributed by atoms with Crippen LogP contribution < -0.4 is 5.73 Å². The van der Waals surface area contributed by atoms with Crippen LogP contribution in [0, 0.1) is 44.4 Å². The number of hydrogen-bond acceptors (Lipinski definition) is 5. The zero-order valence-electron chi connectivity index (χ0n) is 19.7. The fraction of sp³-hybridized carbons (Fsp3) is 0.500. The molecular formula is C28H33NO4. The maximum Gasteiger partial charge on any atom is 0.338 e. The van der Waals surface area contributed by atoms with Crippen LogP contribution in [0.15, 0.2) is 36.4 Å². The maximum absolute atomic E-state index is 13.2. The van der Waals surface area contributed by atoms with Crippen molar-refractivity contribution < 1.29 is 19.1 Å². The van der Waals surface area contributed by atoms with Gasteiger partial charge in [-0.05, 0) is 87.8 Å². The summed E-state index contributed by atoms with van der Waals surface area (Å²) in [5.74, 6) is 0.917. The predicted octanol–water partition coefficient (Wildman–Crippen LogP) is 5.40. The van der Waals surface area contributed by atoms with Gasteiger partial charge in [0.05, 0.1) is 11.1 Å². The number of nitrogen functional groups attached to an aromatic ring is 1. The molecule has 6 unspecified atom stereocenters. The average molecular weight is 448 g/mol. The number of rotatable bonds is 4. The van der Waals surface area contributed by atoms with Gasteiger partial charge in [0.25, 0.3) is 0 Å². The van der Waals surface area contributed by atoms with E-state index in [0.29, 0.717) is 28.7 Å². The highest BCUT2D eigenvalue weighted by atomic mass is 16.6. The smallest absolute Gasteiger partial charge is 0.338 e. The SMILES string of the molecule is Cc1cc(C)cc(C(=O)OC2C3CC(C4CCCCC43)C2OC(=O)c2cc(C)cc(N)c2)c1. The van der Waals surface area contributed by atoms with Crippen molar-refractivity contribution in [3.8, 4) is 0 Å². The Bertz CT molecular complexity index is 967. The molecule has 0 aliphatic heterocycles. The molecule has 3 aliphatic carbocycles. The van der Waals surface area contributed by atoms with Gasteiger partial charge in [-0.1, -0.05) is 30.0 Å². The van der Waals surface area contributed by atoms with Crippen molar-refractivity contribution in [3.05, 3.63) is 64.2 Å². The summed E-state index contributed by atoms with van der Waals surface area (Å²) in [6.45, 7) is 5.86. The zero-order chi connectivity index (χ0) is 23.3. The number of nitrogens with two attached hydrogens (primary N) is 1. The first kappa shape index (κ1) is 22.0. The quantitative estimate of drug-likeness (QED) is 0.501. The number of ether oxygens (including phenoxy) is 2. The minimum absolute atomic E-state index is 0.253. The minimum atomic E-state index is -0.404. The van der Waals surface area contributed by atoms with Gasteiger partial charge in [0.15, 0.2) is 0 Å². The maximum atomic E-state index is 13.2. The lowest BCUT2D eigenvalue weighted by Crippen LogP contribution is -2.47. The van der Waals surface area contributed by atoms with Gasteiger partial charge >= 0.3 is 11.9 Å². The fourth-order valence-electron chi connectivity index (χ4n) is 6.87. The summed E-state index contributed by atoms with van der Waals surface area (Å²) in [6, 6.07) is 11.0. The van der Waals surface area contributed by atoms with Crippen molar-refractivity contribution in [2.24, 2.45) is 23.7 Å². The van der Waals surface area contributed by atoms with E-state index in [1.165, 1.54) is 25.7 Å². The third-order valence-corrected chi connectivity index (χ3v) is 7.97. The summed E-state index contributed by atoms with van der Waals surface area (Å²) in [4.78, 5) is 26.3. The first-order valence-corrected chi connectivity index (χ1v) is 12.2. The van der Waals surface area contributed by atoms with Crippen LogP contribution in [0.2, 0.25) is 0 Å². The highest BCUT2D eigenvalue weighted by Crippen LogP contribution is 2.59. The second kappa shape index (κ2) is 8.51. The first-order chi connectivity index (χ1) is 15.8. The van der Waals surface area contributed by atoms with Crippen LogP contribution >= 0.6 is 0 Å². The first-order valence-electron chi connectivity index (χ1n) is 12.2. The van der Waals surface area contributed by atoms with Crippen LogP contribution in [0.1, 0.15) is 69.5 Å². The number of carbonyl (C=O) groups is 2. The van der Waals surface area contributed by atoms with E-state index in [0.717, 1.165) is 23.1 Å². The van der Waals surface area contributed by atoms with E-state index in [1.807, 2.05) is 45.0 Å². The van der Waals surface area contributed by atoms with Gasteiger partial charge in [0.2, 0.25) is 0 Å². The van der Waals surface area contributed by atoms with Crippen LogP contribution in [-0.4, -0.2) is 24.1 Å². The largest absolute Gasteiger partial charge is 0.455 e. The molecule has 2 aromatic carbocycles. The number of aryl methyl sites for hydroxylation is 3. The molecule has 33 heavy (non-hydrogen) atoms. The van der Waals surface area contributed by atoms with E-state index in [4.69, 9.17) is 15.2 Å². The highest BCUT2D eigenvalue weighted by molar-refractivity contribution is 5.91. The van der Waals surface area contributed by atoms with E-state index in [9.17, 15) is 9.59 Å². The third kappa shape index (κ3) is 4.14. The number of fused-ring (bicyclic) bond motifs is 5. The van der Waals surface area contributed by atoms with Crippen molar-refractivity contribution in [2.75, 3.05) is 5.73 Å². The van der Waals surface area contributed by atoms with Crippen LogP contribution in [0.25, 0.3) is 0 Å². The van der Waals surface area contributed by atoms with Crippen molar-refractivity contribution >= 4 is 17.6 Å². The van der Waals surface area contributed by atoms with Crippen molar-refractivity contribution in [2.45, 2.75) is 65.1 Å². The molecule has 0 amide bonds. The minimum Gasteiger partial charge on any atom is -0.455 e. The van der Waals surface area contributed by atoms with Crippen molar-refractivity contribution in [1.82, 2.24) is 0 Å². The number of carbonyl (C=O) groups excluding carboxylic acids is 2. The molecule has 0 spiro atoms. The lowest BCUT2D eigenvalue weighted by atomic mass is 9.69. The summed E-state index contributed by atoms with van der Waals surface area (Å²) < 4.78 is 12.3. The molecule has 0 saturated heterocycles. The van der Waals surface area contributed by atoms with Gasteiger partial charge in [0, 0.05) is 17.5 Å². The second-order valence-electron chi connectivity index (χ2n) is 10.4. The van der Waals surface area contributed by atoms with Crippen molar-refractivity contribution in [1.29, 1.82) is 0 Å². The van der Waals surface area contributed by atoms with Gasteiger partial charge < -0.3 is 15.2 Å². The zero-order valence-corrected chi connectivity index (χ0v) is 19.7. The number of benzene rings is 2. The molecular weight excluding hydrogens is 414 g/mol. The van der Waals surface area contributed by atoms with E-state index in [1.54, 1.807) is 12.1 Å². The average Bonchev–Trinajstić information content (AvgIpc) is 3.29. The number of esters is 2. The topological polar surface area (TPSA) is 78.6 Å². The van der Waals surface area contributed by atoms with E-state index in [-0.39, 0.29) is 23.8 Å². The van der Waals surface area contributed by atoms with Gasteiger partial charge in [-0.25, -0.2) is 9.59 Å². The van der Waals surface area contributed by atoms with E-state index in [2.05, 4.69) is 0 Å². The molecule has 5 nitrogen and oxygen atoms in total. The highest BCUT2D eigenvalue weighted by Gasteiger charge is 2.61. The van der Waals surface area contributed by atoms with Crippen molar-refractivity contribution in [3.63, 3.8) is 0 Å². The Morgan fingerprint density at radius 3 is 1.64 bits per heavy atom.